The van der Waals surface area contributed by atoms with Gasteiger partial charge in [-0.25, -0.2) is 0 Å². The maximum atomic E-state index is 11.7. The van der Waals surface area contributed by atoms with Crippen molar-refractivity contribution in [2.75, 3.05) is 0 Å². The summed E-state index contributed by atoms with van der Waals surface area (Å²) in [5.41, 5.74) is -0.408. The van der Waals surface area contributed by atoms with Gasteiger partial charge in [0.25, 0.3) is 0 Å². The van der Waals surface area contributed by atoms with Gasteiger partial charge < -0.3 is 10.1 Å². The Morgan fingerprint density at radius 3 is 2.06 bits per heavy atom. The molecule has 2 atom stereocenters. The summed E-state index contributed by atoms with van der Waals surface area (Å²) in [6.45, 7) is 14.0. The van der Waals surface area contributed by atoms with Crippen molar-refractivity contribution >= 4 is 5.97 Å². The van der Waals surface area contributed by atoms with Crippen molar-refractivity contribution in [3.05, 3.63) is 0 Å². The van der Waals surface area contributed by atoms with E-state index in [1.54, 1.807) is 0 Å². The average Bonchev–Trinajstić information content (AvgIpc) is 1.98. The number of nitrogens with one attached hydrogen (secondary N) is 1. The molecule has 0 heterocycles. The zero-order valence-electron chi connectivity index (χ0n) is 11.8. The minimum atomic E-state index is -0.408. The fraction of sp³-hybridized carbons (Fsp3) is 0.923. The monoisotopic (exact) mass is 229 g/mol. The molecule has 0 aliphatic carbocycles. The minimum absolute atomic E-state index is 0.178. The highest BCUT2D eigenvalue weighted by molar-refractivity contribution is 5.75. The Hall–Kier alpha value is -0.570. The van der Waals surface area contributed by atoms with Crippen LogP contribution in [-0.2, 0) is 9.53 Å². The van der Waals surface area contributed by atoms with Crippen LogP contribution in [0.25, 0.3) is 0 Å². The number of ether oxygens (including phenoxy) is 1. The van der Waals surface area contributed by atoms with Gasteiger partial charge in [-0.1, -0.05) is 13.8 Å². The first kappa shape index (κ1) is 15.4. The normalized spacial score (nSPS) is 16.0. The van der Waals surface area contributed by atoms with Gasteiger partial charge in [-0.2, -0.15) is 0 Å². The van der Waals surface area contributed by atoms with E-state index < -0.39 is 5.60 Å². The molecule has 0 saturated carbocycles. The van der Waals surface area contributed by atoms with Gasteiger partial charge >= 0.3 is 5.97 Å². The molecule has 2 unspecified atom stereocenters. The van der Waals surface area contributed by atoms with E-state index in [-0.39, 0.29) is 12.0 Å². The number of hydrogen-bond donors (Lipinski definition) is 1. The van der Waals surface area contributed by atoms with E-state index in [2.05, 4.69) is 26.1 Å². The lowest BCUT2D eigenvalue weighted by Gasteiger charge is -2.25. The molecule has 96 valence electrons. The Labute approximate surface area is 99.9 Å². The number of carbonyl (C=O) groups excluding carboxylic acids is 1. The molecule has 0 aromatic heterocycles. The van der Waals surface area contributed by atoms with Gasteiger partial charge in [0.1, 0.15) is 11.6 Å². The smallest absolute Gasteiger partial charge is 0.323 e. The van der Waals surface area contributed by atoms with Gasteiger partial charge in [0.05, 0.1) is 0 Å². The molecule has 0 rings (SSSR count). The Bertz CT molecular complexity index is 218. The predicted molar refractivity (Wildman–Crippen MR) is 67.4 cm³/mol. The van der Waals surface area contributed by atoms with Gasteiger partial charge in [-0.15, -0.1) is 0 Å². The fourth-order valence-electron chi connectivity index (χ4n) is 1.66. The Morgan fingerprint density at radius 1 is 1.19 bits per heavy atom. The summed E-state index contributed by atoms with van der Waals surface area (Å²) in [4.78, 5) is 11.7. The summed E-state index contributed by atoms with van der Waals surface area (Å²) in [6.07, 6.45) is 1.06. The topological polar surface area (TPSA) is 38.3 Å². The van der Waals surface area contributed by atoms with Crippen LogP contribution in [-0.4, -0.2) is 23.7 Å². The molecule has 0 fully saturated rings. The summed E-state index contributed by atoms with van der Waals surface area (Å²) >= 11 is 0. The van der Waals surface area contributed by atoms with Crippen LogP contribution in [0, 0.1) is 5.92 Å². The lowest BCUT2D eigenvalue weighted by Crippen LogP contribution is -2.43. The Balaban J connectivity index is 4.05. The molecule has 16 heavy (non-hydrogen) atoms. The van der Waals surface area contributed by atoms with Crippen LogP contribution in [0.2, 0.25) is 0 Å². The highest BCUT2D eigenvalue weighted by atomic mass is 16.6. The molecule has 0 bridgehead atoms. The van der Waals surface area contributed by atoms with Gasteiger partial charge in [0, 0.05) is 6.04 Å². The third kappa shape index (κ3) is 7.69. The molecule has 0 saturated heterocycles. The van der Waals surface area contributed by atoms with Crippen molar-refractivity contribution in [1.82, 2.24) is 5.32 Å². The maximum absolute atomic E-state index is 11.7. The molecule has 0 aliphatic heterocycles. The van der Waals surface area contributed by atoms with Crippen LogP contribution in [0.3, 0.4) is 0 Å². The van der Waals surface area contributed by atoms with Crippen molar-refractivity contribution < 1.29 is 9.53 Å². The second kappa shape index (κ2) is 6.24. The molecular formula is C13H27NO2. The highest BCUT2D eigenvalue weighted by Crippen LogP contribution is 2.10. The molecule has 3 nitrogen and oxygen atoms in total. The molecular weight excluding hydrogens is 202 g/mol. The Morgan fingerprint density at radius 2 is 1.69 bits per heavy atom. The second-order valence-corrected chi connectivity index (χ2v) is 5.95. The van der Waals surface area contributed by atoms with Crippen molar-refractivity contribution in [1.29, 1.82) is 0 Å². The van der Waals surface area contributed by atoms with E-state index in [0.717, 1.165) is 6.42 Å². The van der Waals surface area contributed by atoms with Crippen LogP contribution in [0.5, 0.6) is 0 Å². The largest absolute Gasteiger partial charge is 0.459 e. The maximum Gasteiger partial charge on any atom is 0.323 e. The van der Waals surface area contributed by atoms with Crippen LogP contribution in [0.4, 0.5) is 0 Å². The molecule has 3 heteroatoms. The molecule has 0 amide bonds. The van der Waals surface area contributed by atoms with Crippen molar-refractivity contribution in [3.63, 3.8) is 0 Å². The highest BCUT2D eigenvalue weighted by Gasteiger charge is 2.22. The number of hydrogen-bond acceptors (Lipinski definition) is 3. The van der Waals surface area contributed by atoms with Crippen LogP contribution >= 0.6 is 0 Å². The molecule has 0 aromatic rings. The van der Waals surface area contributed by atoms with Crippen LogP contribution in [0.15, 0.2) is 0 Å². The summed E-state index contributed by atoms with van der Waals surface area (Å²) in [5.74, 6) is 0.455. The zero-order chi connectivity index (χ0) is 12.9. The molecule has 0 aliphatic rings. The molecule has 0 radical (unpaired) electrons. The van der Waals surface area contributed by atoms with Crippen LogP contribution < -0.4 is 5.32 Å². The summed E-state index contributed by atoms with van der Waals surface area (Å²) in [5, 5.41) is 3.26. The number of esters is 1. The van der Waals surface area contributed by atoms with Crippen LogP contribution in [0.1, 0.15) is 54.9 Å². The Kier molecular flexibility index (Phi) is 6.01. The van der Waals surface area contributed by atoms with E-state index in [1.807, 2.05) is 27.7 Å². The fourth-order valence-corrected chi connectivity index (χ4v) is 1.66. The van der Waals surface area contributed by atoms with Crippen molar-refractivity contribution in [2.45, 2.75) is 72.6 Å². The van der Waals surface area contributed by atoms with Gasteiger partial charge in [0.2, 0.25) is 0 Å². The third-order valence-electron chi connectivity index (χ3n) is 2.12. The second-order valence-electron chi connectivity index (χ2n) is 5.95. The number of rotatable bonds is 5. The lowest BCUT2D eigenvalue weighted by atomic mass is 10.0. The van der Waals surface area contributed by atoms with Crippen molar-refractivity contribution in [2.24, 2.45) is 5.92 Å². The summed E-state index contributed by atoms with van der Waals surface area (Å²) in [6, 6.07) is 0.0930. The average molecular weight is 229 g/mol. The first-order chi connectivity index (χ1) is 7.11. The quantitative estimate of drug-likeness (QED) is 0.737. The van der Waals surface area contributed by atoms with Gasteiger partial charge in [-0.3, -0.25) is 4.79 Å². The lowest BCUT2D eigenvalue weighted by molar-refractivity contribution is -0.157. The number of carbonyl (C=O) groups is 1. The van der Waals surface area contributed by atoms with E-state index in [1.165, 1.54) is 0 Å². The minimum Gasteiger partial charge on any atom is -0.459 e. The first-order valence-corrected chi connectivity index (χ1v) is 6.10. The van der Waals surface area contributed by atoms with Gasteiger partial charge in [-0.05, 0) is 47.0 Å². The summed E-state index contributed by atoms with van der Waals surface area (Å²) < 4.78 is 5.30. The van der Waals surface area contributed by atoms with Crippen molar-refractivity contribution in [3.8, 4) is 0 Å². The van der Waals surface area contributed by atoms with E-state index in [0.29, 0.717) is 12.0 Å². The predicted octanol–water partition coefficient (Wildman–Crippen LogP) is 2.74. The standard InChI is InChI=1S/C13H27NO2/c1-9(2)8-10(3)14-11(4)12(15)16-13(5,6)7/h9-11,14H,8H2,1-7H3. The summed E-state index contributed by atoms with van der Waals surface area (Å²) in [7, 11) is 0. The first-order valence-electron chi connectivity index (χ1n) is 6.10. The van der Waals surface area contributed by atoms with Gasteiger partial charge in [0.15, 0.2) is 0 Å². The molecule has 0 aromatic carbocycles. The van der Waals surface area contributed by atoms with E-state index in [4.69, 9.17) is 4.74 Å². The molecule has 1 N–H and O–H groups in total. The zero-order valence-corrected chi connectivity index (χ0v) is 11.8. The SMILES string of the molecule is CC(C)CC(C)NC(C)C(=O)OC(C)(C)C. The third-order valence-corrected chi connectivity index (χ3v) is 2.12. The van der Waals surface area contributed by atoms with E-state index in [9.17, 15) is 4.79 Å². The molecule has 0 spiro atoms. The van der Waals surface area contributed by atoms with E-state index >= 15 is 0 Å².